The van der Waals surface area contributed by atoms with Gasteiger partial charge in [0, 0.05) is 22.8 Å². The molecule has 0 unspecified atom stereocenters. The van der Waals surface area contributed by atoms with Crippen LogP contribution in [0.3, 0.4) is 0 Å². The molecule has 28 heavy (non-hydrogen) atoms. The number of rotatable bonds is 3. The number of hydrogen-bond donors (Lipinski definition) is 0. The maximum Gasteiger partial charge on any atom is 0.285 e. The van der Waals surface area contributed by atoms with E-state index in [-0.39, 0.29) is 10.6 Å². The van der Waals surface area contributed by atoms with E-state index in [1.165, 1.54) is 0 Å². The van der Waals surface area contributed by atoms with Gasteiger partial charge in [-0.3, -0.25) is 10.1 Å². The summed E-state index contributed by atoms with van der Waals surface area (Å²) in [5.41, 5.74) is 3.61. The second-order valence-corrected chi connectivity index (χ2v) is 6.70. The number of nitrogens with zero attached hydrogens (tertiary/aromatic N) is 2. The van der Waals surface area contributed by atoms with Gasteiger partial charge < -0.3 is 4.57 Å². The Bertz CT molecular complexity index is 1340. The van der Waals surface area contributed by atoms with Gasteiger partial charge in [-0.05, 0) is 35.7 Å². The lowest BCUT2D eigenvalue weighted by Crippen LogP contribution is -1.97. The number of para-hydroxylation sites is 2. The fraction of sp³-hybridized carbons (Fsp3) is 0. The molecule has 1 aromatic heterocycles. The van der Waals surface area contributed by atoms with Crippen LogP contribution in [-0.2, 0) is 0 Å². The van der Waals surface area contributed by atoms with Crippen molar-refractivity contribution in [3.63, 3.8) is 0 Å². The average Bonchev–Trinajstić information content (AvgIpc) is 3.18. The minimum absolute atomic E-state index is 0.145. The molecule has 4 heteroatoms. The van der Waals surface area contributed by atoms with Gasteiger partial charge in [0.1, 0.15) is 0 Å². The van der Waals surface area contributed by atoms with Crippen LogP contribution in [0.4, 0.5) is 5.69 Å². The van der Waals surface area contributed by atoms with Crippen molar-refractivity contribution in [2.75, 3.05) is 0 Å². The van der Waals surface area contributed by atoms with E-state index in [1.54, 1.807) is 0 Å². The van der Waals surface area contributed by atoms with E-state index in [0.29, 0.717) is 10.9 Å². The average molecular weight is 364 g/mol. The molecular weight excluding hydrogens is 348 g/mol. The fourth-order valence-electron chi connectivity index (χ4n) is 3.88. The van der Waals surface area contributed by atoms with Crippen LogP contribution in [0.1, 0.15) is 0 Å². The summed E-state index contributed by atoms with van der Waals surface area (Å²) in [4.78, 5) is 11.8. The molecule has 0 spiro atoms. The second kappa shape index (κ2) is 6.35. The molecule has 4 nitrogen and oxygen atoms in total. The van der Waals surface area contributed by atoms with Crippen molar-refractivity contribution in [1.29, 1.82) is 0 Å². The Kier molecular flexibility index (Phi) is 3.69. The van der Waals surface area contributed by atoms with Crippen LogP contribution in [0.2, 0.25) is 0 Å². The van der Waals surface area contributed by atoms with Crippen LogP contribution in [0.5, 0.6) is 0 Å². The van der Waals surface area contributed by atoms with E-state index in [4.69, 9.17) is 0 Å². The van der Waals surface area contributed by atoms with Crippen molar-refractivity contribution in [3.8, 4) is 16.8 Å². The van der Waals surface area contributed by atoms with Gasteiger partial charge in [-0.25, -0.2) is 0 Å². The van der Waals surface area contributed by atoms with Crippen LogP contribution in [0, 0.1) is 10.1 Å². The maximum atomic E-state index is 12.0. The lowest BCUT2D eigenvalue weighted by Gasteiger charge is -2.12. The Morgan fingerprint density at radius 1 is 0.679 bits per heavy atom. The van der Waals surface area contributed by atoms with E-state index in [1.807, 2.05) is 97.2 Å². The lowest BCUT2D eigenvalue weighted by atomic mass is 9.97. The van der Waals surface area contributed by atoms with Gasteiger partial charge in [-0.1, -0.05) is 60.7 Å². The van der Waals surface area contributed by atoms with E-state index in [0.717, 1.165) is 27.5 Å². The second-order valence-electron chi connectivity index (χ2n) is 6.70. The summed E-state index contributed by atoms with van der Waals surface area (Å²) in [6, 6.07) is 29.3. The summed E-state index contributed by atoms with van der Waals surface area (Å²) in [6.07, 6.45) is 2.01. The SMILES string of the molecule is O=[N+]([O-])c1c(-c2cccc3ccn(-c4ccccc4)c23)ccc2ccccc12. The summed E-state index contributed by atoms with van der Waals surface area (Å²) >= 11 is 0. The summed E-state index contributed by atoms with van der Waals surface area (Å²) in [5, 5.41) is 14.6. The first-order chi connectivity index (χ1) is 13.7. The minimum Gasteiger partial charge on any atom is -0.316 e. The third-order valence-electron chi connectivity index (χ3n) is 5.12. The Morgan fingerprint density at radius 2 is 1.43 bits per heavy atom. The number of nitro groups is 1. The smallest absolute Gasteiger partial charge is 0.285 e. The normalized spacial score (nSPS) is 11.1. The number of aromatic nitrogens is 1. The standard InChI is InChI=1S/C24H16N2O2/c27-26(28)24-20-11-5-4-7-17(20)13-14-22(24)21-12-6-8-18-15-16-25(23(18)21)19-9-2-1-3-10-19/h1-16H. The van der Waals surface area contributed by atoms with Gasteiger partial charge >= 0.3 is 0 Å². The van der Waals surface area contributed by atoms with Crippen LogP contribution in [0.25, 0.3) is 38.5 Å². The maximum absolute atomic E-state index is 12.0. The number of benzene rings is 4. The van der Waals surface area contributed by atoms with Gasteiger partial charge in [0.05, 0.1) is 21.4 Å². The zero-order valence-corrected chi connectivity index (χ0v) is 14.9. The molecule has 0 atom stereocenters. The summed E-state index contributed by atoms with van der Waals surface area (Å²) in [7, 11) is 0. The molecule has 0 radical (unpaired) electrons. The zero-order valence-electron chi connectivity index (χ0n) is 14.9. The molecule has 0 saturated heterocycles. The molecule has 0 bridgehead atoms. The summed E-state index contributed by atoms with van der Waals surface area (Å²) in [6.45, 7) is 0. The minimum atomic E-state index is -0.272. The topological polar surface area (TPSA) is 48.1 Å². The number of hydrogen-bond acceptors (Lipinski definition) is 2. The molecule has 4 aromatic carbocycles. The van der Waals surface area contributed by atoms with Gasteiger partial charge in [0.25, 0.3) is 5.69 Å². The highest BCUT2D eigenvalue weighted by Gasteiger charge is 2.22. The molecule has 0 amide bonds. The monoisotopic (exact) mass is 364 g/mol. The molecule has 0 saturated carbocycles. The van der Waals surface area contributed by atoms with Crippen molar-refractivity contribution in [1.82, 2.24) is 4.57 Å². The van der Waals surface area contributed by atoms with E-state index in [9.17, 15) is 10.1 Å². The van der Waals surface area contributed by atoms with Gasteiger partial charge in [-0.2, -0.15) is 0 Å². The van der Waals surface area contributed by atoms with E-state index >= 15 is 0 Å². The zero-order chi connectivity index (χ0) is 19.1. The van der Waals surface area contributed by atoms with Crippen LogP contribution >= 0.6 is 0 Å². The first kappa shape index (κ1) is 16.3. The molecule has 0 aliphatic carbocycles. The summed E-state index contributed by atoms with van der Waals surface area (Å²) < 4.78 is 2.09. The third-order valence-corrected chi connectivity index (χ3v) is 5.12. The Balaban J connectivity index is 1.87. The highest BCUT2D eigenvalue weighted by atomic mass is 16.6. The number of fused-ring (bicyclic) bond motifs is 2. The largest absolute Gasteiger partial charge is 0.316 e. The molecule has 134 valence electrons. The molecule has 1 heterocycles. The third kappa shape index (κ3) is 2.47. The van der Waals surface area contributed by atoms with Crippen LogP contribution in [-0.4, -0.2) is 9.49 Å². The number of nitro benzene ring substituents is 1. The molecule has 0 fully saturated rings. The fourth-order valence-corrected chi connectivity index (χ4v) is 3.88. The Hall–Kier alpha value is -3.92. The van der Waals surface area contributed by atoms with Crippen LogP contribution < -0.4 is 0 Å². The van der Waals surface area contributed by atoms with Gasteiger partial charge in [-0.15, -0.1) is 0 Å². The lowest BCUT2D eigenvalue weighted by molar-refractivity contribution is -0.382. The first-order valence-corrected chi connectivity index (χ1v) is 9.06. The van der Waals surface area contributed by atoms with E-state index in [2.05, 4.69) is 4.57 Å². The van der Waals surface area contributed by atoms with Gasteiger partial charge in [0.2, 0.25) is 0 Å². The molecule has 0 aliphatic heterocycles. The van der Waals surface area contributed by atoms with Crippen molar-refractivity contribution in [3.05, 3.63) is 107 Å². The summed E-state index contributed by atoms with van der Waals surface area (Å²) in [5.74, 6) is 0. The van der Waals surface area contributed by atoms with Crippen molar-refractivity contribution < 1.29 is 4.92 Å². The molecular formula is C24H16N2O2. The predicted molar refractivity (Wildman–Crippen MR) is 113 cm³/mol. The van der Waals surface area contributed by atoms with Crippen molar-refractivity contribution >= 4 is 27.4 Å². The van der Waals surface area contributed by atoms with Crippen molar-refractivity contribution in [2.24, 2.45) is 0 Å². The van der Waals surface area contributed by atoms with Gasteiger partial charge in [0.15, 0.2) is 0 Å². The van der Waals surface area contributed by atoms with Crippen LogP contribution in [0.15, 0.2) is 97.2 Å². The Morgan fingerprint density at radius 3 is 2.25 bits per heavy atom. The quantitative estimate of drug-likeness (QED) is 0.276. The molecule has 5 aromatic rings. The highest BCUT2D eigenvalue weighted by Crippen LogP contribution is 2.40. The Labute approximate surface area is 161 Å². The first-order valence-electron chi connectivity index (χ1n) is 9.06. The van der Waals surface area contributed by atoms with Crippen molar-refractivity contribution in [2.45, 2.75) is 0 Å². The predicted octanol–water partition coefficient (Wildman–Crippen LogP) is 6.36. The highest BCUT2D eigenvalue weighted by molar-refractivity contribution is 6.04. The molecule has 0 aliphatic rings. The van der Waals surface area contributed by atoms with E-state index < -0.39 is 0 Å². The molecule has 0 N–H and O–H groups in total. The molecule has 5 rings (SSSR count).